The van der Waals surface area contributed by atoms with Crippen molar-refractivity contribution in [1.82, 2.24) is 0 Å². The minimum atomic E-state index is -0.650. The highest BCUT2D eigenvalue weighted by Crippen LogP contribution is 2.40. The molecule has 1 saturated carbocycles. The molecule has 108 valence electrons. The standard InChI is InChI=1S/C16H14FNO3/c17-13-8-10(2-1-7-19)3-6-14(13)18-15(20)11-4-5-12(9-11)16(18)21/h3,6,8,11-12,19H,4-5,7,9H2. The summed E-state index contributed by atoms with van der Waals surface area (Å²) in [6.07, 6.45) is 2.00. The van der Waals surface area contributed by atoms with Gasteiger partial charge >= 0.3 is 0 Å². The van der Waals surface area contributed by atoms with Crippen molar-refractivity contribution in [3.05, 3.63) is 29.6 Å². The lowest BCUT2D eigenvalue weighted by molar-refractivity contribution is -0.133. The van der Waals surface area contributed by atoms with Gasteiger partial charge in [0.1, 0.15) is 12.4 Å². The number of piperidine rings is 1. The third-order valence-electron chi connectivity index (χ3n) is 4.07. The summed E-state index contributed by atoms with van der Waals surface area (Å²) in [5.74, 6) is 3.42. The Morgan fingerprint density at radius 1 is 1.24 bits per heavy atom. The molecule has 1 aromatic carbocycles. The molecule has 1 N–H and O–H groups in total. The molecule has 1 saturated heterocycles. The van der Waals surface area contributed by atoms with Crippen LogP contribution in [0.3, 0.4) is 0 Å². The van der Waals surface area contributed by atoms with E-state index in [-0.39, 0.29) is 35.9 Å². The van der Waals surface area contributed by atoms with Gasteiger partial charge < -0.3 is 5.11 Å². The van der Waals surface area contributed by atoms with Crippen molar-refractivity contribution in [2.45, 2.75) is 19.3 Å². The van der Waals surface area contributed by atoms with Crippen molar-refractivity contribution in [2.75, 3.05) is 11.5 Å². The molecule has 2 unspecified atom stereocenters. The van der Waals surface area contributed by atoms with Gasteiger partial charge in [0.2, 0.25) is 11.8 Å². The van der Waals surface area contributed by atoms with Crippen LogP contribution >= 0.6 is 0 Å². The van der Waals surface area contributed by atoms with Crippen LogP contribution < -0.4 is 4.90 Å². The third kappa shape index (κ3) is 2.32. The second-order valence-electron chi connectivity index (χ2n) is 5.34. The maximum atomic E-state index is 14.2. The van der Waals surface area contributed by atoms with E-state index in [0.717, 1.165) is 4.90 Å². The Labute approximate surface area is 121 Å². The molecule has 2 amide bonds. The zero-order valence-corrected chi connectivity index (χ0v) is 11.3. The Bertz CT molecular complexity index is 652. The van der Waals surface area contributed by atoms with Crippen LogP contribution in [0.2, 0.25) is 0 Å². The average Bonchev–Trinajstić information content (AvgIpc) is 2.92. The number of imide groups is 1. The van der Waals surface area contributed by atoms with E-state index < -0.39 is 5.82 Å². The predicted molar refractivity (Wildman–Crippen MR) is 73.7 cm³/mol. The number of aliphatic hydroxyl groups is 1. The number of fused-ring (bicyclic) bond motifs is 2. The van der Waals surface area contributed by atoms with E-state index >= 15 is 0 Å². The molecule has 1 aliphatic heterocycles. The molecule has 2 bridgehead atoms. The number of amides is 2. The quantitative estimate of drug-likeness (QED) is 0.628. The third-order valence-corrected chi connectivity index (χ3v) is 4.07. The maximum Gasteiger partial charge on any atom is 0.236 e. The second kappa shape index (κ2) is 5.30. The van der Waals surface area contributed by atoms with Gasteiger partial charge in [-0.15, -0.1) is 0 Å². The number of halogens is 1. The fraction of sp³-hybridized carbons (Fsp3) is 0.375. The van der Waals surface area contributed by atoms with Gasteiger partial charge in [-0.2, -0.15) is 0 Å². The van der Waals surface area contributed by atoms with Gasteiger partial charge in [-0.25, -0.2) is 9.29 Å². The smallest absolute Gasteiger partial charge is 0.236 e. The van der Waals surface area contributed by atoms with Gasteiger partial charge in [0.05, 0.1) is 5.69 Å². The molecular formula is C16H14FNO3. The predicted octanol–water partition coefficient (Wildman–Crippen LogP) is 1.46. The van der Waals surface area contributed by atoms with Crippen LogP contribution in [-0.2, 0) is 9.59 Å². The Kier molecular flexibility index (Phi) is 3.48. The van der Waals surface area contributed by atoms with Gasteiger partial charge in [-0.1, -0.05) is 11.8 Å². The van der Waals surface area contributed by atoms with E-state index in [1.807, 2.05) is 0 Å². The number of carbonyl (C=O) groups is 2. The minimum absolute atomic E-state index is 0.00357. The molecule has 2 atom stereocenters. The number of nitrogens with zero attached hydrogens (tertiary/aromatic N) is 1. The first-order valence-electron chi connectivity index (χ1n) is 6.89. The lowest BCUT2D eigenvalue weighted by Crippen LogP contribution is -2.46. The number of rotatable bonds is 1. The molecule has 0 aromatic heterocycles. The lowest BCUT2D eigenvalue weighted by Gasteiger charge is -2.29. The van der Waals surface area contributed by atoms with Crippen LogP contribution in [0, 0.1) is 29.5 Å². The van der Waals surface area contributed by atoms with Gasteiger partial charge in [0, 0.05) is 17.4 Å². The summed E-state index contributed by atoms with van der Waals surface area (Å²) < 4.78 is 14.2. The summed E-state index contributed by atoms with van der Waals surface area (Å²) in [5.41, 5.74) is 0.390. The number of hydrogen-bond acceptors (Lipinski definition) is 3. The Balaban J connectivity index is 1.96. The summed E-state index contributed by atoms with van der Waals surface area (Å²) in [5, 5.41) is 8.63. The zero-order chi connectivity index (χ0) is 15.0. The number of aliphatic hydroxyl groups excluding tert-OH is 1. The highest BCUT2D eigenvalue weighted by molar-refractivity contribution is 6.18. The number of carbonyl (C=O) groups excluding carboxylic acids is 2. The van der Waals surface area contributed by atoms with Crippen LogP contribution in [0.25, 0.3) is 0 Å². The first kappa shape index (κ1) is 13.8. The van der Waals surface area contributed by atoms with Crippen LogP contribution in [0.1, 0.15) is 24.8 Å². The van der Waals surface area contributed by atoms with Crippen LogP contribution in [-0.4, -0.2) is 23.5 Å². The Morgan fingerprint density at radius 2 is 1.90 bits per heavy atom. The Morgan fingerprint density at radius 3 is 2.48 bits per heavy atom. The van der Waals surface area contributed by atoms with E-state index in [2.05, 4.69) is 11.8 Å². The van der Waals surface area contributed by atoms with Gasteiger partial charge in [0.25, 0.3) is 0 Å². The first-order chi connectivity index (χ1) is 10.1. The summed E-state index contributed by atoms with van der Waals surface area (Å²) in [6, 6.07) is 4.12. The Hall–Kier alpha value is -2.19. The van der Waals surface area contributed by atoms with Crippen molar-refractivity contribution in [3.63, 3.8) is 0 Å². The normalized spacial score (nSPS) is 24.0. The van der Waals surface area contributed by atoms with E-state index in [4.69, 9.17) is 5.11 Å². The van der Waals surface area contributed by atoms with Crippen molar-refractivity contribution >= 4 is 17.5 Å². The van der Waals surface area contributed by atoms with Crippen molar-refractivity contribution in [1.29, 1.82) is 0 Å². The minimum Gasteiger partial charge on any atom is -0.384 e. The van der Waals surface area contributed by atoms with Crippen molar-refractivity contribution < 1.29 is 19.1 Å². The molecule has 2 fully saturated rings. The van der Waals surface area contributed by atoms with Crippen LogP contribution in [0.5, 0.6) is 0 Å². The molecule has 1 aromatic rings. The lowest BCUT2D eigenvalue weighted by atomic mass is 9.96. The van der Waals surface area contributed by atoms with E-state index in [0.29, 0.717) is 24.8 Å². The van der Waals surface area contributed by atoms with Gasteiger partial charge in [-0.05, 0) is 37.5 Å². The molecule has 0 radical (unpaired) electrons. The van der Waals surface area contributed by atoms with E-state index in [1.165, 1.54) is 18.2 Å². The molecule has 0 spiro atoms. The highest BCUT2D eigenvalue weighted by Gasteiger charge is 2.46. The summed E-state index contributed by atoms with van der Waals surface area (Å²) in [6.45, 7) is -0.310. The average molecular weight is 287 g/mol. The number of benzene rings is 1. The summed E-state index contributed by atoms with van der Waals surface area (Å²) in [4.78, 5) is 25.6. The summed E-state index contributed by atoms with van der Waals surface area (Å²) >= 11 is 0. The van der Waals surface area contributed by atoms with Crippen molar-refractivity contribution in [3.8, 4) is 11.8 Å². The molecular weight excluding hydrogens is 273 g/mol. The van der Waals surface area contributed by atoms with Gasteiger partial charge in [0.15, 0.2) is 0 Å². The van der Waals surface area contributed by atoms with E-state index in [9.17, 15) is 14.0 Å². The van der Waals surface area contributed by atoms with Crippen molar-refractivity contribution in [2.24, 2.45) is 11.8 Å². The fourth-order valence-corrected chi connectivity index (χ4v) is 3.05. The topological polar surface area (TPSA) is 57.6 Å². The monoisotopic (exact) mass is 287 g/mol. The number of anilines is 1. The zero-order valence-electron chi connectivity index (χ0n) is 11.3. The SMILES string of the molecule is O=C1C2CCC(C2)C(=O)N1c1ccc(C#CCO)cc1F. The second-order valence-corrected chi connectivity index (χ2v) is 5.34. The highest BCUT2D eigenvalue weighted by atomic mass is 19.1. The molecule has 5 heteroatoms. The fourth-order valence-electron chi connectivity index (χ4n) is 3.05. The molecule has 2 aliphatic rings. The van der Waals surface area contributed by atoms with Gasteiger partial charge in [-0.3, -0.25) is 9.59 Å². The largest absolute Gasteiger partial charge is 0.384 e. The molecule has 1 heterocycles. The van der Waals surface area contributed by atoms with E-state index in [1.54, 1.807) is 0 Å². The molecule has 3 rings (SSSR count). The first-order valence-corrected chi connectivity index (χ1v) is 6.89. The van der Waals surface area contributed by atoms with Crippen LogP contribution in [0.4, 0.5) is 10.1 Å². The molecule has 1 aliphatic carbocycles. The summed E-state index contributed by atoms with van der Waals surface area (Å²) in [7, 11) is 0. The van der Waals surface area contributed by atoms with Crippen LogP contribution in [0.15, 0.2) is 18.2 Å². The number of hydrogen-bond donors (Lipinski definition) is 1. The molecule has 21 heavy (non-hydrogen) atoms. The molecule has 4 nitrogen and oxygen atoms in total. The maximum absolute atomic E-state index is 14.2.